The first-order valence-corrected chi connectivity index (χ1v) is 7.81. The maximum Gasteiger partial charge on any atom is 0.407 e. The Balaban J connectivity index is 2.44. The van der Waals surface area contributed by atoms with Gasteiger partial charge in [0.15, 0.2) is 0 Å². The van der Waals surface area contributed by atoms with Crippen LogP contribution in [0, 0.1) is 0 Å². The van der Waals surface area contributed by atoms with Crippen molar-refractivity contribution in [3.63, 3.8) is 0 Å². The number of carbonyl (C=O) groups is 1. The van der Waals surface area contributed by atoms with Crippen LogP contribution in [0.25, 0.3) is 0 Å². The Labute approximate surface area is 138 Å². The Morgan fingerprint density at radius 1 is 1.35 bits per heavy atom. The van der Waals surface area contributed by atoms with Gasteiger partial charge in [-0.1, -0.05) is 13.0 Å². The molecular weight excluding hydrogens is 296 g/mol. The van der Waals surface area contributed by atoms with E-state index in [1.807, 2.05) is 33.8 Å². The van der Waals surface area contributed by atoms with Crippen molar-refractivity contribution in [3.8, 4) is 11.5 Å². The predicted octanol–water partition coefficient (Wildman–Crippen LogP) is 2.79. The minimum Gasteiger partial charge on any atom is -0.507 e. The van der Waals surface area contributed by atoms with Crippen LogP contribution < -0.4 is 15.4 Å². The van der Waals surface area contributed by atoms with Gasteiger partial charge in [0.1, 0.15) is 17.1 Å². The molecule has 6 heteroatoms. The van der Waals surface area contributed by atoms with Crippen molar-refractivity contribution in [2.75, 3.05) is 13.7 Å². The molecule has 0 fully saturated rings. The van der Waals surface area contributed by atoms with Gasteiger partial charge < -0.3 is 25.2 Å². The minimum absolute atomic E-state index is 0.0368. The van der Waals surface area contributed by atoms with E-state index in [1.54, 1.807) is 19.2 Å². The first-order valence-electron chi connectivity index (χ1n) is 7.81. The average molecular weight is 324 g/mol. The van der Waals surface area contributed by atoms with Gasteiger partial charge in [-0.15, -0.1) is 0 Å². The van der Waals surface area contributed by atoms with Crippen molar-refractivity contribution in [1.29, 1.82) is 0 Å². The van der Waals surface area contributed by atoms with Crippen LogP contribution in [-0.4, -0.2) is 36.5 Å². The molecule has 0 aliphatic heterocycles. The topological polar surface area (TPSA) is 79.8 Å². The van der Waals surface area contributed by atoms with Crippen molar-refractivity contribution < 1.29 is 19.4 Å². The molecule has 0 radical (unpaired) electrons. The first kappa shape index (κ1) is 19.1. The monoisotopic (exact) mass is 324 g/mol. The molecule has 23 heavy (non-hydrogen) atoms. The van der Waals surface area contributed by atoms with Crippen LogP contribution in [0.3, 0.4) is 0 Å². The molecule has 1 unspecified atom stereocenters. The average Bonchev–Trinajstić information content (AvgIpc) is 2.45. The minimum atomic E-state index is -0.509. The Morgan fingerprint density at radius 3 is 2.57 bits per heavy atom. The van der Waals surface area contributed by atoms with Gasteiger partial charge in [0.25, 0.3) is 0 Å². The molecule has 6 nitrogen and oxygen atoms in total. The van der Waals surface area contributed by atoms with Gasteiger partial charge in [-0.05, 0) is 33.3 Å². The second-order valence-corrected chi connectivity index (χ2v) is 6.38. The Kier molecular flexibility index (Phi) is 7.16. The van der Waals surface area contributed by atoms with Crippen molar-refractivity contribution in [2.24, 2.45) is 0 Å². The number of hydrogen-bond acceptors (Lipinski definition) is 5. The number of phenolic OH excluding ortho intramolecular Hbond substituents is 1. The number of phenols is 1. The summed E-state index contributed by atoms with van der Waals surface area (Å²) in [6.45, 7) is 8.58. The molecule has 1 aromatic carbocycles. The fourth-order valence-corrected chi connectivity index (χ4v) is 1.97. The number of carbonyl (C=O) groups excluding carboxylic acids is 1. The Morgan fingerprint density at radius 2 is 2.04 bits per heavy atom. The van der Waals surface area contributed by atoms with E-state index in [2.05, 4.69) is 10.6 Å². The molecule has 130 valence electrons. The molecule has 3 N–H and O–H groups in total. The van der Waals surface area contributed by atoms with Crippen LogP contribution in [-0.2, 0) is 11.3 Å². The highest BCUT2D eigenvalue weighted by Crippen LogP contribution is 2.23. The molecule has 0 aromatic heterocycles. The zero-order valence-electron chi connectivity index (χ0n) is 14.6. The highest BCUT2D eigenvalue weighted by atomic mass is 16.6. The third-order valence-corrected chi connectivity index (χ3v) is 3.21. The molecule has 0 heterocycles. The van der Waals surface area contributed by atoms with Gasteiger partial charge in [0.2, 0.25) is 0 Å². The van der Waals surface area contributed by atoms with Crippen LogP contribution >= 0.6 is 0 Å². The molecule has 1 amide bonds. The maximum atomic E-state index is 11.8. The van der Waals surface area contributed by atoms with E-state index in [0.29, 0.717) is 18.8 Å². The normalized spacial score (nSPS) is 12.6. The summed E-state index contributed by atoms with van der Waals surface area (Å²) in [5.74, 6) is 0.800. The number of hydrogen-bond donors (Lipinski definition) is 3. The second kappa shape index (κ2) is 8.62. The summed E-state index contributed by atoms with van der Waals surface area (Å²) < 4.78 is 10.3. The lowest BCUT2D eigenvalue weighted by molar-refractivity contribution is 0.0502. The molecule has 1 aromatic rings. The van der Waals surface area contributed by atoms with Crippen molar-refractivity contribution in [1.82, 2.24) is 10.6 Å². The molecule has 0 spiro atoms. The number of ether oxygens (including phenoxy) is 2. The number of amides is 1. The standard InChI is InChI=1S/C17H28N2O4/c1-6-13(19-16(21)23-17(2,3)4)11-18-10-12-7-8-14(22-5)9-15(12)20/h7-9,13,18,20H,6,10-11H2,1-5H3,(H,19,21). The summed E-state index contributed by atoms with van der Waals surface area (Å²) in [5, 5.41) is 16.0. The van der Waals surface area contributed by atoms with Gasteiger partial charge in [-0.3, -0.25) is 0 Å². The lowest BCUT2D eigenvalue weighted by Crippen LogP contribution is -2.43. The first-order chi connectivity index (χ1) is 10.7. The molecule has 0 aliphatic rings. The van der Waals surface area contributed by atoms with Crippen LogP contribution in [0.4, 0.5) is 4.79 Å². The molecular formula is C17H28N2O4. The van der Waals surface area contributed by atoms with E-state index < -0.39 is 11.7 Å². The number of aromatic hydroxyl groups is 1. The lowest BCUT2D eigenvalue weighted by atomic mass is 10.1. The Bertz CT molecular complexity index is 512. The van der Waals surface area contributed by atoms with Gasteiger partial charge in [0, 0.05) is 30.8 Å². The van der Waals surface area contributed by atoms with E-state index in [0.717, 1.165) is 12.0 Å². The van der Waals surface area contributed by atoms with Crippen molar-refractivity contribution in [3.05, 3.63) is 23.8 Å². The number of benzene rings is 1. The summed E-state index contributed by atoms with van der Waals surface area (Å²) in [6, 6.07) is 5.15. The van der Waals surface area contributed by atoms with Crippen LogP contribution in [0.5, 0.6) is 11.5 Å². The van der Waals surface area contributed by atoms with E-state index in [4.69, 9.17) is 9.47 Å². The number of nitrogens with one attached hydrogen (secondary N) is 2. The maximum absolute atomic E-state index is 11.8. The van der Waals surface area contributed by atoms with Crippen molar-refractivity contribution in [2.45, 2.75) is 52.3 Å². The molecule has 0 saturated carbocycles. The smallest absolute Gasteiger partial charge is 0.407 e. The zero-order chi connectivity index (χ0) is 17.5. The molecule has 1 atom stereocenters. The molecule has 0 bridgehead atoms. The number of methoxy groups -OCH3 is 1. The summed E-state index contributed by atoms with van der Waals surface area (Å²) in [5.41, 5.74) is 0.267. The summed E-state index contributed by atoms with van der Waals surface area (Å²) in [6.07, 6.45) is 0.361. The summed E-state index contributed by atoms with van der Waals surface area (Å²) in [4.78, 5) is 11.8. The van der Waals surface area contributed by atoms with E-state index >= 15 is 0 Å². The fourth-order valence-electron chi connectivity index (χ4n) is 1.97. The zero-order valence-corrected chi connectivity index (χ0v) is 14.6. The van der Waals surface area contributed by atoms with E-state index in [1.165, 1.54) is 0 Å². The van der Waals surface area contributed by atoms with Crippen LogP contribution in [0.15, 0.2) is 18.2 Å². The highest BCUT2D eigenvalue weighted by Gasteiger charge is 2.18. The van der Waals surface area contributed by atoms with Crippen LogP contribution in [0.2, 0.25) is 0 Å². The van der Waals surface area contributed by atoms with Gasteiger partial charge in [0.05, 0.1) is 7.11 Å². The predicted molar refractivity (Wildman–Crippen MR) is 89.8 cm³/mol. The van der Waals surface area contributed by atoms with E-state index in [-0.39, 0.29) is 11.8 Å². The highest BCUT2D eigenvalue weighted by molar-refractivity contribution is 5.68. The summed E-state index contributed by atoms with van der Waals surface area (Å²) in [7, 11) is 1.56. The third-order valence-electron chi connectivity index (χ3n) is 3.21. The lowest BCUT2D eigenvalue weighted by Gasteiger charge is -2.23. The van der Waals surface area contributed by atoms with Gasteiger partial charge >= 0.3 is 6.09 Å². The largest absolute Gasteiger partial charge is 0.507 e. The second-order valence-electron chi connectivity index (χ2n) is 6.38. The molecule has 0 aliphatic carbocycles. The fraction of sp³-hybridized carbons (Fsp3) is 0.588. The van der Waals surface area contributed by atoms with Gasteiger partial charge in [-0.2, -0.15) is 0 Å². The van der Waals surface area contributed by atoms with Crippen LogP contribution in [0.1, 0.15) is 39.7 Å². The number of rotatable bonds is 7. The number of alkyl carbamates (subject to hydrolysis) is 1. The third kappa shape index (κ3) is 7.23. The quantitative estimate of drug-likeness (QED) is 0.719. The molecule has 0 saturated heterocycles. The van der Waals surface area contributed by atoms with Gasteiger partial charge in [-0.25, -0.2) is 4.79 Å². The van der Waals surface area contributed by atoms with Crippen molar-refractivity contribution >= 4 is 6.09 Å². The molecule has 1 rings (SSSR count). The van der Waals surface area contributed by atoms with E-state index in [9.17, 15) is 9.90 Å². The SMILES string of the molecule is CCC(CNCc1ccc(OC)cc1O)NC(=O)OC(C)(C)C. The Hall–Kier alpha value is -1.95. The summed E-state index contributed by atoms with van der Waals surface area (Å²) >= 11 is 0.